The largest absolute Gasteiger partial charge is 0.478 e. The SMILES string of the molecule is O=C(O)c1ccc(S(=O)(=O)C2C=CCC3C(=O)OC(=O)C32)cc1. The number of aromatic carboxylic acids is 1. The fourth-order valence-corrected chi connectivity index (χ4v) is 4.71. The Morgan fingerprint density at radius 2 is 1.78 bits per heavy atom. The summed E-state index contributed by atoms with van der Waals surface area (Å²) in [5, 5.41) is 7.66. The highest BCUT2D eigenvalue weighted by Gasteiger charge is 2.52. The summed E-state index contributed by atoms with van der Waals surface area (Å²) in [4.78, 5) is 34.2. The molecule has 7 nitrogen and oxygen atoms in total. The summed E-state index contributed by atoms with van der Waals surface area (Å²) >= 11 is 0. The maximum Gasteiger partial charge on any atom is 0.335 e. The van der Waals surface area contributed by atoms with Gasteiger partial charge in [-0.05, 0) is 30.7 Å². The lowest BCUT2D eigenvalue weighted by Crippen LogP contribution is -2.37. The van der Waals surface area contributed by atoms with Crippen molar-refractivity contribution in [3.8, 4) is 0 Å². The standard InChI is InChI=1S/C15H12O7S/c16-13(17)8-4-6-9(7-5-8)23(20,21)11-3-1-2-10-12(11)15(19)22-14(10)18/h1,3-7,10-12H,2H2,(H,16,17). The van der Waals surface area contributed by atoms with E-state index in [4.69, 9.17) is 5.11 Å². The molecule has 1 heterocycles. The van der Waals surface area contributed by atoms with Crippen LogP contribution in [0.3, 0.4) is 0 Å². The molecular formula is C15H12O7S. The summed E-state index contributed by atoms with van der Waals surface area (Å²) in [6.07, 6.45) is 3.20. The summed E-state index contributed by atoms with van der Waals surface area (Å²) in [6.45, 7) is 0. The van der Waals surface area contributed by atoms with Crippen LogP contribution in [0, 0.1) is 11.8 Å². The molecule has 1 aromatic rings. The van der Waals surface area contributed by atoms with Gasteiger partial charge in [0.15, 0.2) is 9.84 Å². The van der Waals surface area contributed by atoms with E-state index in [1.165, 1.54) is 30.3 Å². The third-order valence-corrected chi connectivity index (χ3v) is 6.16. The zero-order valence-electron chi connectivity index (χ0n) is 11.7. The first-order chi connectivity index (χ1) is 10.8. The van der Waals surface area contributed by atoms with Crippen LogP contribution in [0.25, 0.3) is 0 Å². The number of hydrogen-bond donors (Lipinski definition) is 1. The van der Waals surface area contributed by atoms with Crippen LogP contribution < -0.4 is 0 Å². The molecule has 0 aromatic heterocycles. The normalized spacial score (nSPS) is 26.7. The molecule has 120 valence electrons. The highest BCUT2D eigenvalue weighted by Crippen LogP contribution is 2.38. The quantitative estimate of drug-likeness (QED) is 0.493. The summed E-state index contributed by atoms with van der Waals surface area (Å²) in [6, 6.07) is 4.71. The second-order valence-corrected chi connectivity index (χ2v) is 7.48. The van der Waals surface area contributed by atoms with Gasteiger partial charge in [-0.15, -0.1) is 0 Å². The van der Waals surface area contributed by atoms with Crippen molar-refractivity contribution in [1.29, 1.82) is 0 Å². The minimum absolute atomic E-state index is 0.0449. The number of sulfone groups is 1. The van der Waals surface area contributed by atoms with Crippen LogP contribution in [0.4, 0.5) is 0 Å². The lowest BCUT2D eigenvalue weighted by molar-refractivity contribution is -0.153. The summed E-state index contributed by atoms with van der Waals surface area (Å²) in [7, 11) is -3.95. The number of carboxylic acid groups (broad SMARTS) is 1. The Bertz CT molecular complexity index is 820. The molecule has 1 fully saturated rings. The molecule has 1 aromatic carbocycles. The van der Waals surface area contributed by atoms with Gasteiger partial charge in [0.25, 0.3) is 0 Å². The van der Waals surface area contributed by atoms with Gasteiger partial charge < -0.3 is 9.84 Å². The first-order valence-electron chi connectivity index (χ1n) is 6.82. The highest BCUT2D eigenvalue weighted by atomic mass is 32.2. The Morgan fingerprint density at radius 1 is 1.13 bits per heavy atom. The molecule has 0 spiro atoms. The molecule has 0 saturated carbocycles. The number of carbonyl (C=O) groups is 3. The van der Waals surface area contributed by atoms with Crippen molar-refractivity contribution >= 4 is 27.7 Å². The molecule has 3 unspecified atom stereocenters. The minimum Gasteiger partial charge on any atom is -0.478 e. The Kier molecular flexibility index (Phi) is 3.56. The topological polar surface area (TPSA) is 115 Å². The van der Waals surface area contributed by atoms with Crippen LogP contribution in [0.1, 0.15) is 16.8 Å². The van der Waals surface area contributed by atoms with Crippen molar-refractivity contribution in [1.82, 2.24) is 0 Å². The third kappa shape index (κ3) is 2.44. The van der Waals surface area contributed by atoms with E-state index in [2.05, 4.69) is 4.74 Å². The van der Waals surface area contributed by atoms with E-state index in [1.54, 1.807) is 6.08 Å². The van der Waals surface area contributed by atoms with Gasteiger partial charge in [-0.25, -0.2) is 13.2 Å². The first kappa shape index (κ1) is 15.4. The lowest BCUT2D eigenvalue weighted by atomic mass is 9.85. The van der Waals surface area contributed by atoms with Gasteiger partial charge in [0.2, 0.25) is 0 Å². The number of hydrogen-bond acceptors (Lipinski definition) is 6. The molecular weight excluding hydrogens is 324 g/mol. The van der Waals surface area contributed by atoms with Crippen molar-refractivity contribution in [2.45, 2.75) is 16.6 Å². The second-order valence-electron chi connectivity index (χ2n) is 5.38. The van der Waals surface area contributed by atoms with Crippen molar-refractivity contribution in [3.05, 3.63) is 42.0 Å². The predicted octanol–water partition coefficient (Wildman–Crippen LogP) is 0.803. The van der Waals surface area contributed by atoms with Gasteiger partial charge in [-0.3, -0.25) is 9.59 Å². The molecule has 2 aliphatic rings. The molecule has 1 saturated heterocycles. The van der Waals surface area contributed by atoms with Gasteiger partial charge in [0, 0.05) is 0 Å². The molecule has 1 aliphatic carbocycles. The average molecular weight is 336 g/mol. The molecule has 3 atom stereocenters. The summed E-state index contributed by atoms with van der Waals surface area (Å²) < 4.78 is 30.1. The van der Waals surface area contributed by atoms with Gasteiger partial charge in [0.05, 0.1) is 27.5 Å². The molecule has 1 aliphatic heterocycles. The van der Waals surface area contributed by atoms with E-state index in [9.17, 15) is 22.8 Å². The smallest absolute Gasteiger partial charge is 0.335 e. The van der Waals surface area contributed by atoms with Crippen LogP contribution in [0.2, 0.25) is 0 Å². The minimum atomic E-state index is -3.95. The van der Waals surface area contributed by atoms with E-state index >= 15 is 0 Å². The Balaban J connectivity index is 2.00. The van der Waals surface area contributed by atoms with Crippen LogP contribution >= 0.6 is 0 Å². The van der Waals surface area contributed by atoms with Gasteiger partial charge in [-0.1, -0.05) is 12.2 Å². The molecule has 23 heavy (non-hydrogen) atoms. The number of ether oxygens (including phenoxy) is 1. The van der Waals surface area contributed by atoms with E-state index in [1.807, 2.05) is 0 Å². The third-order valence-electron chi connectivity index (χ3n) is 4.07. The van der Waals surface area contributed by atoms with Gasteiger partial charge >= 0.3 is 17.9 Å². The number of rotatable bonds is 3. The van der Waals surface area contributed by atoms with E-state index < -0.39 is 44.8 Å². The summed E-state index contributed by atoms with van der Waals surface area (Å²) in [5.41, 5.74) is -0.0449. The van der Waals surface area contributed by atoms with Gasteiger partial charge in [-0.2, -0.15) is 0 Å². The second kappa shape index (κ2) is 5.31. The molecule has 0 amide bonds. The van der Waals surface area contributed by atoms with Crippen LogP contribution in [0.5, 0.6) is 0 Å². The van der Waals surface area contributed by atoms with Crippen LogP contribution in [-0.2, 0) is 24.2 Å². The number of fused-ring (bicyclic) bond motifs is 1. The fourth-order valence-electron chi connectivity index (χ4n) is 2.88. The number of benzene rings is 1. The lowest BCUT2D eigenvalue weighted by Gasteiger charge is -2.24. The average Bonchev–Trinajstić information content (AvgIpc) is 2.82. The zero-order chi connectivity index (χ0) is 16.8. The Hall–Kier alpha value is -2.48. The zero-order valence-corrected chi connectivity index (χ0v) is 12.5. The Labute approximate surface area is 131 Å². The number of allylic oxidation sites excluding steroid dienone is 1. The molecule has 0 radical (unpaired) electrons. The number of carboxylic acids is 1. The first-order valence-corrected chi connectivity index (χ1v) is 8.36. The van der Waals surface area contributed by atoms with Crippen molar-refractivity contribution in [3.63, 3.8) is 0 Å². The van der Waals surface area contributed by atoms with Crippen molar-refractivity contribution in [2.75, 3.05) is 0 Å². The van der Waals surface area contributed by atoms with E-state index in [0.29, 0.717) is 0 Å². The van der Waals surface area contributed by atoms with Crippen LogP contribution in [0.15, 0.2) is 41.3 Å². The monoisotopic (exact) mass is 336 g/mol. The van der Waals surface area contributed by atoms with Gasteiger partial charge in [0.1, 0.15) is 0 Å². The number of carbonyl (C=O) groups excluding carboxylic acids is 2. The molecule has 0 bridgehead atoms. The highest BCUT2D eigenvalue weighted by molar-refractivity contribution is 7.92. The Morgan fingerprint density at radius 3 is 2.39 bits per heavy atom. The number of esters is 2. The van der Waals surface area contributed by atoms with E-state index in [-0.39, 0.29) is 16.9 Å². The maximum atomic E-state index is 12.7. The maximum absolute atomic E-state index is 12.7. The van der Waals surface area contributed by atoms with Crippen molar-refractivity contribution < 1.29 is 32.6 Å². The molecule has 8 heteroatoms. The predicted molar refractivity (Wildman–Crippen MR) is 76.2 cm³/mol. The molecule has 3 rings (SSSR count). The van der Waals surface area contributed by atoms with E-state index in [0.717, 1.165) is 0 Å². The number of cyclic esters (lactones) is 2. The van der Waals surface area contributed by atoms with Crippen LogP contribution in [-0.4, -0.2) is 36.7 Å². The van der Waals surface area contributed by atoms with Crippen molar-refractivity contribution in [2.24, 2.45) is 11.8 Å². The molecule has 1 N–H and O–H groups in total. The fraction of sp³-hybridized carbons (Fsp3) is 0.267. The summed E-state index contributed by atoms with van der Waals surface area (Å²) in [5.74, 6) is -4.55.